The van der Waals surface area contributed by atoms with Gasteiger partial charge in [0.2, 0.25) is 20.0 Å². The molecule has 1 saturated heterocycles. The summed E-state index contributed by atoms with van der Waals surface area (Å²) in [5, 5.41) is 8.95. The Balaban J connectivity index is 0. The monoisotopic (exact) mass is 1200 g/mol. The summed E-state index contributed by atoms with van der Waals surface area (Å²) in [5.41, 5.74) is 8.44. The van der Waals surface area contributed by atoms with Crippen LogP contribution in [-0.4, -0.2) is 156 Å². The lowest BCUT2D eigenvalue weighted by molar-refractivity contribution is -0.118. The van der Waals surface area contributed by atoms with E-state index < -0.39 is 32.2 Å². The van der Waals surface area contributed by atoms with Gasteiger partial charge in [-0.15, -0.1) is 71.5 Å². The first-order valence-corrected chi connectivity index (χ1v) is 29.5. The van der Waals surface area contributed by atoms with Crippen molar-refractivity contribution in [1.29, 1.82) is 0 Å². The number of nitrogens with one attached hydrogen (secondary N) is 2. The summed E-state index contributed by atoms with van der Waals surface area (Å²) in [4.78, 5) is 37.7. The SMILES string of the molecule is C#CC.CC#CCC(COC)N1C(=O)c2ccccc2C1=O.CC#CCC(COC)NS(=O)(=O)c1ccc(C)cc1.CC#CCC(N)COC.CC#CCC(NS(=O)(=O)c1ccc(C)cc1)C(C)=O.CC#CCC(O)COC.COCC1CO1. The first kappa shape index (κ1) is 79.4. The minimum atomic E-state index is -3.69. The Labute approximate surface area is 502 Å². The van der Waals surface area contributed by atoms with Crippen LogP contribution in [0.25, 0.3) is 0 Å². The lowest BCUT2D eigenvalue weighted by Gasteiger charge is -2.23. The lowest BCUT2D eigenvalue weighted by atomic mass is 10.1. The fourth-order valence-corrected chi connectivity index (χ4v) is 8.99. The number of carbonyl (C=O) groups is 3. The topological polar surface area (TPSA) is 252 Å². The van der Waals surface area contributed by atoms with E-state index in [9.17, 15) is 31.2 Å². The van der Waals surface area contributed by atoms with Gasteiger partial charge >= 0.3 is 0 Å². The molecule has 2 amide bonds. The number of amides is 2. The number of ether oxygens (including phenoxy) is 6. The molecule has 3 aromatic carbocycles. The quantitative estimate of drug-likeness (QED) is 0.0449. The van der Waals surface area contributed by atoms with Gasteiger partial charge in [-0.1, -0.05) is 47.5 Å². The minimum Gasteiger partial charge on any atom is -0.390 e. The van der Waals surface area contributed by atoms with Crippen molar-refractivity contribution < 1.29 is 64.7 Å². The Morgan fingerprint density at radius 3 is 1.43 bits per heavy atom. The number of carbonyl (C=O) groups excluding carboxylic acids is 3. The number of aliphatic hydroxyl groups excluding tert-OH is 1. The van der Waals surface area contributed by atoms with Gasteiger partial charge in [0.1, 0.15) is 11.9 Å². The maximum atomic E-state index is 12.3. The number of nitrogens with zero attached hydrogens (tertiary/aromatic N) is 1. The second-order valence-electron chi connectivity index (χ2n) is 18.0. The number of terminal acetylenes is 1. The van der Waals surface area contributed by atoms with Crippen molar-refractivity contribution in [1.82, 2.24) is 14.3 Å². The highest BCUT2D eigenvalue weighted by molar-refractivity contribution is 7.89. The van der Waals surface area contributed by atoms with Gasteiger partial charge in [-0.25, -0.2) is 21.6 Å². The number of benzene rings is 3. The number of hydrogen-bond acceptors (Lipinski definition) is 15. The van der Waals surface area contributed by atoms with Crippen LogP contribution in [0.1, 0.15) is 112 Å². The van der Waals surface area contributed by atoms with E-state index in [-0.39, 0.29) is 51.9 Å². The molecule has 0 bridgehead atoms. The normalized spacial score (nSPS) is 13.8. The zero-order valence-electron chi connectivity index (χ0n) is 51.3. The van der Waals surface area contributed by atoms with Gasteiger partial charge in [0.25, 0.3) is 11.8 Å². The van der Waals surface area contributed by atoms with Crippen molar-refractivity contribution in [2.45, 2.75) is 141 Å². The number of rotatable bonds is 23. The molecule has 6 atom stereocenters. The summed E-state index contributed by atoms with van der Waals surface area (Å²) in [5.74, 6) is 29.2. The number of nitrogens with two attached hydrogens (primary N) is 1. The Kier molecular flexibility index (Phi) is 45.1. The van der Waals surface area contributed by atoms with Crippen LogP contribution < -0.4 is 15.2 Å². The highest BCUT2D eigenvalue weighted by atomic mass is 32.2. The summed E-state index contributed by atoms with van der Waals surface area (Å²) in [7, 11) is 0.742. The molecule has 6 unspecified atom stereocenters. The van der Waals surface area contributed by atoms with Crippen molar-refractivity contribution in [2.75, 3.05) is 75.2 Å². The summed E-state index contributed by atoms with van der Waals surface area (Å²) < 4.78 is 82.7. The zero-order chi connectivity index (χ0) is 63.9. The van der Waals surface area contributed by atoms with Gasteiger partial charge in [-0.3, -0.25) is 19.3 Å². The molecule has 0 spiro atoms. The van der Waals surface area contributed by atoms with Crippen molar-refractivity contribution in [3.63, 3.8) is 0 Å². The average Bonchev–Trinajstić information content (AvgIpc) is 3.94. The van der Waals surface area contributed by atoms with Gasteiger partial charge in [0.05, 0.1) is 84.8 Å². The number of fused-ring (bicyclic) bond motifs is 1. The molecule has 1 fully saturated rings. The third-order valence-electron chi connectivity index (χ3n) is 10.8. The van der Waals surface area contributed by atoms with E-state index in [4.69, 9.17) is 34.5 Å². The van der Waals surface area contributed by atoms with Crippen molar-refractivity contribution in [3.8, 4) is 71.5 Å². The van der Waals surface area contributed by atoms with Crippen LogP contribution in [0.15, 0.2) is 82.6 Å². The minimum absolute atomic E-state index is 0.0717. The predicted molar refractivity (Wildman–Crippen MR) is 330 cm³/mol. The van der Waals surface area contributed by atoms with Crippen molar-refractivity contribution >= 4 is 37.6 Å². The molecule has 2 aliphatic rings. The fraction of sp³-hybridized carbons (Fsp3) is 0.484. The summed E-state index contributed by atoms with van der Waals surface area (Å²) in [6, 6.07) is 18.6. The fourth-order valence-electron chi connectivity index (χ4n) is 6.52. The van der Waals surface area contributed by atoms with Crippen LogP contribution in [0, 0.1) is 85.4 Å². The molecule has 3 aromatic rings. The largest absolute Gasteiger partial charge is 0.390 e. The predicted octanol–water partition coefficient (Wildman–Crippen LogP) is 6.51. The number of Topliss-reactive ketones (excluding diaryl/α,β-unsaturated/α-hetero) is 1. The number of methoxy groups -OCH3 is 5. The molecule has 18 nitrogen and oxygen atoms in total. The second kappa shape index (κ2) is 47.7. The van der Waals surface area contributed by atoms with Crippen LogP contribution in [0.3, 0.4) is 0 Å². The lowest BCUT2D eigenvalue weighted by Crippen LogP contribution is -2.42. The van der Waals surface area contributed by atoms with E-state index in [2.05, 4.69) is 85.7 Å². The van der Waals surface area contributed by atoms with E-state index in [1.54, 1.807) is 131 Å². The standard InChI is InChI=1S/C15H15NO3.C14H19NO3S.C14H17NO3S.C7H13NO.C7H12O2.C4H8O2.C3H4/c1-3-4-7-11(10-19-2)16-14(17)12-8-5-6-9-13(12)15(16)18;1-4-5-6-13(11-18-3)15-19(16,17)14-9-7-12(2)8-10-14;1-4-5-6-14(12(3)16)15-19(17,18)13-9-7-11(2)8-10-13;2*1-3-4-5-7(8)6-9-2;1-5-2-4-3-6-4;1-3-2/h5-6,8-9,11H,7,10H2,1-2H3;7-10,13,15H,6,11H2,1-3H3;7-10,14-15H,6H2,1-3H3;7H,5-6,8H2,1-2H3;7-8H,5-6H2,1-2H3;4H,2-3H2,1H3;1H,2H3. The van der Waals surface area contributed by atoms with Crippen molar-refractivity contribution in [2.24, 2.45) is 5.73 Å². The van der Waals surface area contributed by atoms with Crippen LogP contribution in [-0.2, 0) is 53.3 Å². The molecular formula is C64H88N4O14S2. The number of ketones is 1. The first-order chi connectivity index (χ1) is 40.0. The maximum Gasteiger partial charge on any atom is 0.261 e. The molecule has 0 saturated carbocycles. The van der Waals surface area contributed by atoms with Crippen LogP contribution in [0.2, 0.25) is 0 Å². The van der Waals surface area contributed by atoms with Gasteiger partial charge in [-0.05, 0) is 98.7 Å². The molecule has 5 N–H and O–H groups in total. The summed E-state index contributed by atoms with van der Waals surface area (Å²) in [6.07, 6.45) is 6.86. The van der Waals surface area contributed by atoms with Crippen LogP contribution in [0.4, 0.5) is 0 Å². The number of aliphatic hydroxyl groups is 1. The molecule has 0 aromatic heterocycles. The number of sulfonamides is 2. The highest BCUT2D eigenvalue weighted by Crippen LogP contribution is 2.25. The van der Waals surface area contributed by atoms with E-state index in [0.29, 0.717) is 62.9 Å². The molecule has 5 rings (SSSR count). The molecule has 84 heavy (non-hydrogen) atoms. The van der Waals surface area contributed by atoms with E-state index >= 15 is 0 Å². The van der Waals surface area contributed by atoms with Gasteiger partial charge in [0, 0.05) is 73.7 Å². The van der Waals surface area contributed by atoms with E-state index in [1.807, 2.05) is 13.8 Å². The molecule has 2 heterocycles. The molecule has 20 heteroatoms. The number of hydrogen-bond donors (Lipinski definition) is 4. The Bertz CT molecular complexity index is 2930. The smallest absolute Gasteiger partial charge is 0.261 e. The summed E-state index contributed by atoms with van der Waals surface area (Å²) in [6.45, 7) is 18.6. The molecule has 0 aliphatic carbocycles. The Morgan fingerprint density at radius 2 is 1.04 bits per heavy atom. The number of imide groups is 1. The van der Waals surface area contributed by atoms with Crippen molar-refractivity contribution in [3.05, 3.63) is 95.1 Å². The van der Waals surface area contributed by atoms with E-state index in [0.717, 1.165) is 30.8 Å². The molecule has 2 aliphatic heterocycles. The Morgan fingerprint density at radius 1 is 0.631 bits per heavy atom. The van der Waals surface area contributed by atoms with Gasteiger partial charge in [0.15, 0.2) is 0 Å². The third kappa shape index (κ3) is 35.5. The zero-order valence-corrected chi connectivity index (χ0v) is 53.0. The molecule has 460 valence electrons. The molecule has 0 radical (unpaired) electrons. The average molecular weight is 1200 g/mol. The maximum absolute atomic E-state index is 12.3. The number of epoxide rings is 1. The molecular weight excluding hydrogens is 1110 g/mol. The third-order valence-corrected chi connectivity index (χ3v) is 13.8. The van der Waals surface area contributed by atoms with E-state index in [1.165, 1.54) is 31.1 Å². The first-order valence-electron chi connectivity index (χ1n) is 26.5. The van der Waals surface area contributed by atoms with Gasteiger partial charge in [-0.2, -0.15) is 4.72 Å². The second-order valence-corrected chi connectivity index (χ2v) is 21.4. The number of aryl methyl sites for hydroxylation is 2. The van der Waals surface area contributed by atoms with Crippen LogP contribution in [0.5, 0.6) is 0 Å². The van der Waals surface area contributed by atoms with Gasteiger partial charge < -0.3 is 39.3 Å². The summed E-state index contributed by atoms with van der Waals surface area (Å²) >= 11 is 0. The highest BCUT2D eigenvalue weighted by Gasteiger charge is 2.39. The Hall–Kier alpha value is -6.67. The van der Waals surface area contributed by atoms with Crippen LogP contribution >= 0.6 is 0 Å².